The van der Waals surface area contributed by atoms with Crippen molar-refractivity contribution in [1.82, 2.24) is 5.48 Å². The van der Waals surface area contributed by atoms with Crippen LogP contribution in [0.1, 0.15) is 12.8 Å². The first kappa shape index (κ1) is 8.39. The van der Waals surface area contributed by atoms with Crippen molar-refractivity contribution in [3.63, 3.8) is 0 Å². The number of rotatable bonds is 4. The second-order valence-electron chi connectivity index (χ2n) is 1.63. The van der Waals surface area contributed by atoms with Gasteiger partial charge in [0.1, 0.15) is 0 Å². The lowest BCUT2D eigenvalue weighted by Gasteiger charge is -1.96. The lowest BCUT2D eigenvalue weighted by Crippen LogP contribution is -2.18. The van der Waals surface area contributed by atoms with E-state index >= 15 is 0 Å². The molecule has 0 fully saturated rings. The fraction of sp³-hybridized carbons (Fsp3) is 0.800. The third-order valence-electron chi connectivity index (χ3n) is 0.877. The highest BCUT2D eigenvalue weighted by Crippen LogP contribution is 1.87. The van der Waals surface area contributed by atoms with Crippen LogP contribution in [0.3, 0.4) is 0 Å². The SMILES string of the molecule is COCCCC(=O)NO. The molecule has 54 valence electrons. The number of hydrogen-bond acceptors (Lipinski definition) is 3. The zero-order valence-electron chi connectivity index (χ0n) is 5.39. The van der Waals surface area contributed by atoms with Gasteiger partial charge in [-0.05, 0) is 6.42 Å². The third-order valence-corrected chi connectivity index (χ3v) is 0.877. The molecular formula is C5H11NO3. The zero-order valence-corrected chi connectivity index (χ0v) is 5.39. The van der Waals surface area contributed by atoms with Gasteiger partial charge in [-0.2, -0.15) is 0 Å². The number of hydrogen-bond donors (Lipinski definition) is 2. The molecule has 0 atom stereocenters. The van der Waals surface area contributed by atoms with E-state index in [9.17, 15) is 4.79 Å². The Hall–Kier alpha value is -0.610. The number of carbonyl (C=O) groups is 1. The Morgan fingerprint density at radius 3 is 2.89 bits per heavy atom. The van der Waals surface area contributed by atoms with Crippen LogP contribution in [0.4, 0.5) is 0 Å². The van der Waals surface area contributed by atoms with Gasteiger partial charge in [0.05, 0.1) is 0 Å². The van der Waals surface area contributed by atoms with Gasteiger partial charge in [0, 0.05) is 20.1 Å². The zero-order chi connectivity index (χ0) is 7.11. The molecule has 1 amide bonds. The molecule has 2 N–H and O–H groups in total. The van der Waals surface area contributed by atoms with E-state index in [-0.39, 0.29) is 5.91 Å². The van der Waals surface area contributed by atoms with Crippen molar-refractivity contribution < 1.29 is 14.7 Å². The quantitative estimate of drug-likeness (QED) is 0.320. The molecule has 0 rings (SSSR count). The Morgan fingerprint density at radius 1 is 1.78 bits per heavy atom. The predicted octanol–water partition coefficient (Wildman–Crippen LogP) is -0.0816. The molecule has 0 spiro atoms. The van der Waals surface area contributed by atoms with Gasteiger partial charge in [0.25, 0.3) is 0 Å². The highest BCUT2D eigenvalue weighted by molar-refractivity contribution is 5.74. The van der Waals surface area contributed by atoms with Crippen molar-refractivity contribution in [3.8, 4) is 0 Å². The summed E-state index contributed by atoms with van der Waals surface area (Å²) in [5, 5.41) is 7.99. The minimum atomic E-state index is -0.368. The Labute approximate surface area is 53.8 Å². The van der Waals surface area contributed by atoms with E-state index in [4.69, 9.17) is 5.21 Å². The molecular weight excluding hydrogens is 122 g/mol. The molecule has 0 saturated heterocycles. The summed E-state index contributed by atoms with van der Waals surface area (Å²) in [4.78, 5) is 10.3. The minimum absolute atomic E-state index is 0.310. The third kappa shape index (κ3) is 5.26. The van der Waals surface area contributed by atoms with Crippen molar-refractivity contribution in [2.75, 3.05) is 13.7 Å². The van der Waals surface area contributed by atoms with Gasteiger partial charge < -0.3 is 4.74 Å². The predicted molar refractivity (Wildman–Crippen MR) is 31.0 cm³/mol. The van der Waals surface area contributed by atoms with Gasteiger partial charge in [-0.15, -0.1) is 0 Å². The Bertz CT molecular complexity index is 84.3. The second kappa shape index (κ2) is 5.53. The minimum Gasteiger partial charge on any atom is -0.385 e. The van der Waals surface area contributed by atoms with E-state index < -0.39 is 0 Å². The molecule has 9 heavy (non-hydrogen) atoms. The van der Waals surface area contributed by atoms with Crippen LogP contribution >= 0.6 is 0 Å². The molecule has 0 unspecified atom stereocenters. The maximum absolute atomic E-state index is 10.3. The fourth-order valence-electron chi connectivity index (χ4n) is 0.433. The normalized spacial score (nSPS) is 9.11. The van der Waals surface area contributed by atoms with Crippen molar-refractivity contribution in [2.45, 2.75) is 12.8 Å². The van der Waals surface area contributed by atoms with Gasteiger partial charge >= 0.3 is 0 Å². The molecule has 0 aromatic heterocycles. The largest absolute Gasteiger partial charge is 0.385 e. The number of nitrogens with one attached hydrogen (secondary N) is 1. The molecule has 4 heteroatoms. The molecule has 0 aliphatic heterocycles. The highest BCUT2D eigenvalue weighted by atomic mass is 16.5. The van der Waals surface area contributed by atoms with Crippen LogP contribution in [-0.2, 0) is 9.53 Å². The highest BCUT2D eigenvalue weighted by Gasteiger charge is 1.95. The molecule has 0 aromatic rings. The standard InChI is InChI=1S/C5H11NO3/c1-9-4-2-3-5(7)6-8/h8H,2-4H2,1H3,(H,6,7). The Morgan fingerprint density at radius 2 is 2.44 bits per heavy atom. The van der Waals surface area contributed by atoms with Gasteiger partial charge in [-0.1, -0.05) is 0 Å². The molecule has 0 saturated carbocycles. The van der Waals surface area contributed by atoms with Crippen LogP contribution in [0.15, 0.2) is 0 Å². The van der Waals surface area contributed by atoms with Gasteiger partial charge in [0.15, 0.2) is 0 Å². The van der Waals surface area contributed by atoms with Crippen LogP contribution in [0.25, 0.3) is 0 Å². The summed E-state index contributed by atoms with van der Waals surface area (Å²) in [5.74, 6) is -0.368. The lowest BCUT2D eigenvalue weighted by molar-refractivity contribution is -0.129. The summed E-state index contributed by atoms with van der Waals surface area (Å²) in [6.07, 6.45) is 0.952. The topological polar surface area (TPSA) is 58.6 Å². The maximum Gasteiger partial charge on any atom is 0.243 e. The van der Waals surface area contributed by atoms with E-state index in [2.05, 4.69) is 4.74 Å². The average Bonchev–Trinajstić information content (AvgIpc) is 1.89. The number of carbonyl (C=O) groups excluding carboxylic acids is 1. The van der Waals surface area contributed by atoms with E-state index in [1.54, 1.807) is 7.11 Å². The van der Waals surface area contributed by atoms with Crippen molar-refractivity contribution in [2.24, 2.45) is 0 Å². The van der Waals surface area contributed by atoms with Crippen molar-refractivity contribution in [1.29, 1.82) is 0 Å². The Balaban J connectivity index is 2.97. The first-order valence-electron chi connectivity index (χ1n) is 2.73. The van der Waals surface area contributed by atoms with E-state index in [0.29, 0.717) is 19.4 Å². The van der Waals surface area contributed by atoms with Crippen molar-refractivity contribution >= 4 is 5.91 Å². The summed E-state index contributed by atoms with van der Waals surface area (Å²) in [6, 6.07) is 0. The number of hydroxylamine groups is 1. The fourth-order valence-corrected chi connectivity index (χ4v) is 0.433. The van der Waals surface area contributed by atoms with Crippen LogP contribution in [0, 0.1) is 0 Å². The molecule has 0 heterocycles. The smallest absolute Gasteiger partial charge is 0.243 e. The summed E-state index contributed by atoms with van der Waals surface area (Å²) in [7, 11) is 1.57. The lowest BCUT2D eigenvalue weighted by atomic mass is 10.3. The molecule has 0 bridgehead atoms. The maximum atomic E-state index is 10.3. The van der Waals surface area contributed by atoms with Gasteiger partial charge in [-0.25, -0.2) is 5.48 Å². The average molecular weight is 133 g/mol. The van der Waals surface area contributed by atoms with Crippen LogP contribution in [0.5, 0.6) is 0 Å². The summed E-state index contributed by atoms with van der Waals surface area (Å²) < 4.78 is 4.68. The first-order valence-corrected chi connectivity index (χ1v) is 2.73. The van der Waals surface area contributed by atoms with Gasteiger partial charge in [0.2, 0.25) is 5.91 Å². The first-order chi connectivity index (χ1) is 4.31. The second-order valence-corrected chi connectivity index (χ2v) is 1.63. The van der Waals surface area contributed by atoms with Crippen LogP contribution in [-0.4, -0.2) is 24.8 Å². The number of methoxy groups -OCH3 is 1. The molecule has 0 aliphatic rings. The molecule has 4 nitrogen and oxygen atoms in total. The number of amides is 1. The van der Waals surface area contributed by atoms with Crippen LogP contribution in [0.2, 0.25) is 0 Å². The molecule has 0 radical (unpaired) electrons. The van der Waals surface area contributed by atoms with E-state index in [0.717, 1.165) is 0 Å². The van der Waals surface area contributed by atoms with E-state index in [1.165, 1.54) is 5.48 Å². The monoisotopic (exact) mass is 133 g/mol. The van der Waals surface area contributed by atoms with Crippen molar-refractivity contribution in [3.05, 3.63) is 0 Å². The van der Waals surface area contributed by atoms with E-state index in [1.807, 2.05) is 0 Å². The van der Waals surface area contributed by atoms with Crippen LogP contribution < -0.4 is 5.48 Å². The summed E-state index contributed by atoms with van der Waals surface area (Å²) in [6.45, 7) is 0.549. The summed E-state index contributed by atoms with van der Waals surface area (Å²) >= 11 is 0. The number of ether oxygens (including phenoxy) is 1. The van der Waals surface area contributed by atoms with Gasteiger partial charge in [-0.3, -0.25) is 10.0 Å². The molecule has 0 aliphatic carbocycles. The summed E-state index contributed by atoms with van der Waals surface area (Å²) in [5.41, 5.74) is 1.53. The Kier molecular flexibility index (Phi) is 5.15. The molecule has 0 aromatic carbocycles.